The molecule has 0 aliphatic carbocycles. The maximum Gasteiger partial charge on any atom is 0.310 e. The molecule has 0 N–H and O–H groups in total. The monoisotopic (exact) mass is 381 g/mol. The van der Waals surface area contributed by atoms with Crippen LogP contribution in [0, 0.1) is 17.6 Å². The van der Waals surface area contributed by atoms with Gasteiger partial charge < -0.3 is 9.64 Å². The number of hydrogen-bond donors (Lipinski definition) is 0. The van der Waals surface area contributed by atoms with Crippen molar-refractivity contribution in [3.8, 4) is 0 Å². The van der Waals surface area contributed by atoms with Crippen molar-refractivity contribution in [2.24, 2.45) is 5.92 Å². The van der Waals surface area contributed by atoms with E-state index in [9.17, 15) is 18.4 Å². The highest BCUT2D eigenvalue weighted by Crippen LogP contribution is 2.20. The van der Waals surface area contributed by atoms with Crippen molar-refractivity contribution in [1.29, 1.82) is 0 Å². The van der Waals surface area contributed by atoms with Gasteiger partial charge >= 0.3 is 5.97 Å². The molecule has 0 radical (unpaired) electrons. The van der Waals surface area contributed by atoms with E-state index in [2.05, 4.69) is 0 Å². The number of nitrogens with zero attached hydrogens (tertiary/aromatic N) is 1. The Balaban J connectivity index is 2.32. The zero-order chi connectivity index (χ0) is 19.3. The van der Waals surface area contributed by atoms with Gasteiger partial charge in [0.2, 0.25) is 0 Å². The van der Waals surface area contributed by atoms with Crippen molar-refractivity contribution < 1.29 is 23.1 Å². The lowest BCUT2D eigenvalue weighted by atomic mass is 10.1. The molecule has 7 heteroatoms. The van der Waals surface area contributed by atoms with Gasteiger partial charge in [-0.25, -0.2) is 8.78 Å². The summed E-state index contributed by atoms with van der Waals surface area (Å²) in [6.07, 6.45) is 0. The molecule has 1 atom stereocenters. The van der Waals surface area contributed by atoms with Crippen LogP contribution < -0.4 is 0 Å². The first-order chi connectivity index (χ1) is 12.3. The van der Waals surface area contributed by atoms with E-state index in [1.54, 1.807) is 31.2 Å². The predicted octanol–water partition coefficient (Wildman–Crippen LogP) is 4.07. The summed E-state index contributed by atoms with van der Waals surface area (Å²) in [6, 6.07) is 9.87. The lowest BCUT2D eigenvalue weighted by Gasteiger charge is -2.26. The molecule has 2 aromatic carbocycles. The molecule has 138 valence electrons. The van der Waals surface area contributed by atoms with Crippen LogP contribution in [-0.4, -0.2) is 30.4 Å². The van der Waals surface area contributed by atoms with Crippen LogP contribution in [0.25, 0.3) is 0 Å². The fourth-order valence-electron chi connectivity index (χ4n) is 2.47. The average molecular weight is 382 g/mol. The molecule has 0 bridgehead atoms. The number of esters is 1. The molecule has 0 fully saturated rings. The van der Waals surface area contributed by atoms with Crippen LogP contribution in [0.15, 0.2) is 42.5 Å². The molecule has 0 aliphatic rings. The minimum Gasteiger partial charge on any atom is -0.469 e. The van der Waals surface area contributed by atoms with Gasteiger partial charge in [-0.2, -0.15) is 0 Å². The highest BCUT2D eigenvalue weighted by atomic mass is 35.5. The first-order valence-corrected chi connectivity index (χ1v) is 8.26. The number of benzene rings is 2. The number of carbonyl (C=O) groups is 2. The fourth-order valence-corrected chi connectivity index (χ4v) is 2.67. The molecular formula is C19H18ClF2NO3. The SMILES string of the molecule is COC(=O)C(C)CN(Cc1ccccc1Cl)C(=O)c1ccc(F)c(F)c1. The van der Waals surface area contributed by atoms with E-state index in [0.717, 1.165) is 12.1 Å². The van der Waals surface area contributed by atoms with Crippen molar-refractivity contribution in [1.82, 2.24) is 4.90 Å². The smallest absolute Gasteiger partial charge is 0.310 e. The molecule has 1 unspecified atom stereocenters. The Morgan fingerprint density at radius 2 is 1.85 bits per heavy atom. The van der Waals surface area contributed by atoms with Crippen molar-refractivity contribution in [2.75, 3.05) is 13.7 Å². The summed E-state index contributed by atoms with van der Waals surface area (Å²) in [5.74, 6) is -3.78. The average Bonchev–Trinajstić information content (AvgIpc) is 2.63. The van der Waals surface area contributed by atoms with Crippen molar-refractivity contribution >= 4 is 23.5 Å². The summed E-state index contributed by atoms with van der Waals surface area (Å²) in [5, 5.41) is 0.460. The minimum absolute atomic E-state index is 0.0204. The summed E-state index contributed by atoms with van der Waals surface area (Å²) in [4.78, 5) is 25.9. The van der Waals surface area contributed by atoms with Crippen molar-refractivity contribution in [3.05, 3.63) is 70.2 Å². The van der Waals surface area contributed by atoms with Gasteiger partial charge in [0.05, 0.1) is 13.0 Å². The van der Waals surface area contributed by atoms with E-state index in [-0.39, 0.29) is 18.7 Å². The zero-order valence-electron chi connectivity index (χ0n) is 14.3. The number of rotatable bonds is 6. The summed E-state index contributed by atoms with van der Waals surface area (Å²) < 4.78 is 31.3. The van der Waals surface area contributed by atoms with Gasteiger partial charge in [-0.3, -0.25) is 9.59 Å². The van der Waals surface area contributed by atoms with Gasteiger partial charge in [0.25, 0.3) is 5.91 Å². The normalized spacial score (nSPS) is 11.7. The molecular weight excluding hydrogens is 364 g/mol. The van der Waals surface area contributed by atoms with Gasteiger partial charge in [-0.15, -0.1) is 0 Å². The third-order valence-corrected chi connectivity index (χ3v) is 4.24. The second kappa shape index (κ2) is 8.76. The highest BCUT2D eigenvalue weighted by Gasteiger charge is 2.24. The maximum atomic E-state index is 13.5. The first-order valence-electron chi connectivity index (χ1n) is 7.89. The Kier molecular flexibility index (Phi) is 6.69. The Labute approximate surface area is 155 Å². The van der Waals surface area contributed by atoms with E-state index >= 15 is 0 Å². The second-order valence-electron chi connectivity index (χ2n) is 5.83. The van der Waals surface area contributed by atoms with Gasteiger partial charge in [-0.1, -0.05) is 36.7 Å². The quantitative estimate of drug-likeness (QED) is 0.709. The summed E-state index contributed by atoms with van der Waals surface area (Å²) >= 11 is 6.15. The molecule has 0 aromatic heterocycles. The van der Waals surface area contributed by atoms with E-state index in [1.807, 2.05) is 0 Å². The first kappa shape index (κ1) is 19.8. The molecule has 2 aromatic rings. The fraction of sp³-hybridized carbons (Fsp3) is 0.263. The molecule has 1 amide bonds. The third-order valence-electron chi connectivity index (χ3n) is 3.87. The number of amides is 1. The standard InChI is InChI=1S/C19H18ClF2NO3/c1-12(19(25)26-2)10-23(11-14-5-3-4-6-15(14)20)18(24)13-7-8-16(21)17(22)9-13/h3-9,12H,10-11H2,1-2H3. The molecule has 4 nitrogen and oxygen atoms in total. The topological polar surface area (TPSA) is 46.6 Å². The van der Waals surface area contributed by atoms with Crippen LogP contribution in [0.2, 0.25) is 5.02 Å². The number of hydrogen-bond acceptors (Lipinski definition) is 3. The highest BCUT2D eigenvalue weighted by molar-refractivity contribution is 6.31. The minimum atomic E-state index is -1.12. The molecule has 2 rings (SSSR count). The Morgan fingerprint density at radius 3 is 2.46 bits per heavy atom. The molecule has 0 saturated heterocycles. The van der Waals surface area contributed by atoms with E-state index < -0.39 is 29.4 Å². The lowest BCUT2D eigenvalue weighted by molar-refractivity contribution is -0.145. The van der Waals surface area contributed by atoms with Crippen LogP contribution >= 0.6 is 11.6 Å². The second-order valence-corrected chi connectivity index (χ2v) is 6.24. The lowest BCUT2D eigenvalue weighted by Crippen LogP contribution is -2.37. The van der Waals surface area contributed by atoms with Crippen LogP contribution in [0.1, 0.15) is 22.8 Å². The van der Waals surface area contributed by atoms with Crippen molar-refractivity contribution in [3.63, 3.8) is 0 Å². The van der Waals surface area contributed by atoms with Gasteiger partial charge in [0.1, 0.15) is 0 Å². The Bertz CT molecular complexity index is 813. The molecule has 0 saturated carbocycles. The maximum absolute atomic E-state index is 13.5. The largest absolute Gasteiger partial charge is 0.469 e. The van der Waals surface area contributed by atoms with Gasteiger partial charge in [-0.05, 0) is 29.8 Å². The molecule has 0 spiro atoms. The summed E-state index contributed by atoms with van der Waals surface area (Å²) in [6.45, 7) is 1.76. The number of ether oxygens (including phenoxy) is 1. The molecule has 26 heavy (non-hydrogen) atoms. The van der Waals surface area contributed by atoms with Crippen LogP contribution in [-0.2, 0) is 16.1 Å². The van der Waals surface area contributed by atoms with Crippen LogP contribution in [0.5, 0.6) is 0 Å². The molecule has 0 heterocycles. The van der Waals surface area contributed by atoms with Crippen molar-refractivity contribution in [2.45, 2.75) is 13.5 Å². The van der Waals surface area contributed by atoms with Gasteiger partial charge in [0.15, 0.2) is 11.6 Å². The number of halogens is 3. The van der Waals surface area contributed by atoms with Crippen LogP contribution in [0.4, 0.5) is 8.78 Å². The number of methoxy groups -OCH3 is 1. The Morgan fingerprint density at radius 1 is 1.15 bits per heavy atom. The van der Waals surface area contributed by atoms with Gasteiger partial charge in [0, 0.05) is 23.7 Å². The molecule has 0 aliphatic heterocycles. The van der Waals surface area contributed by atoms with E-state index in [1.165, 1.54) is 18.1 Å². The third kappa shape index (κ3) is 4.79. The van der Waals surface area contributed by atoms with E-state index in [0.29, 0.717) is 10.6 Å². The number of carbonyl (C=O) groups excluding carboxylic acids is 2. The summed E-state index contributed by atoms with van der Waals surface area (Å²) in [5.41, 5.74) is 0.648. The Hall–Kier alpha value is -2.47. The van der Waals surface area contributed by atoms with E-state index in [4.69, 9.17) is 16.3 Å². The predicted molar refractivity (Wildman–Crippen MR) is 93.7 cm³/mol. The van der Waals surface area contributed by atoms with Crippen LogP contribution in [0.3, 0.4) is 0 Å². The summed E-state index contributed by atoms with van der Waals surface area (Å²) in [7, 11) is 1.26. The zero-order valence-corrected chi connectivity index (χ0v) is 15.1.